The van der Waals surface area contributed by atoms with Crippen molar-refractivity contribution in [3.8, 4) is 11.3 Å². The molecule has 0 fully saturated rings. The number of aliphatic hydroxyl groups is 1. The van der Waals surface area contributed by atoms with Crippen molar-refractivity contribution in [2.75, 3.05) is 6.61 Å². The Morgan fingerprint density at radius 3 is 2.62 bits per heavy atom. The largest absolute Gasteiger partial charge is 0.477 e. The number of hydrogen-bond donors (Lipinski definition) is 4. The molecule has 1 heterocycles. The fourth-order valence-electron chi connectivity index (χ4n) is 1.99. The van der Waals surface area contributed by atoms with Crippen LogP contribution >= 0.6 is 15.9 Å². The monoisotopic (exact) mass is 351 g/mol. The van der Waals surface area contributed by atoms with Crippen LogP contribution in [0.3, 0.4) is 0 Å². The number of nitrogens with zero attached hydrogens (tertiary/aromatic N) is 1. The Labute approximate surface area is 129 Å². The Morgan fingerprint density at radius 1 is 1.38 bits per heavy atom. The molecule has 1 aromatic heterocycles. The van der Waals surface area contributed by atoms with Crippen molar-refractivity contribution in [3.05, 3.63) is 40.8 Å². The molecular weight excluding hydrogens is 338 g/mol. The van der Waals surface area contributed by atoms with Crippen molar-refractivity contribution < 1.29 is 15.0 Å². The van der Waals surface area contributed by atoms with Crippen LogP contribution in [0.4, 0.5) is 0 Å². The molecule has 0 saturated carbocycles. The molecule has 0 aliphatic heterocycles. The number of hydrogen-bond acceptors (Lipinski definition) is 4. The highest BCUT2D eigenvalue weighted by atomic mass is 79.9. The maximum atomic E-state index is 11.0. The van der Waals surface area contributed by atoms with E-state index in [1.54, 1.807) is 6.20 Å². The molecule has 0 bridgehead atoms. The molecular formula is C14H14BrN3O3. The lowest BCUT2D eigenvalue weighted by Gasteiger charge is -2.11. The number of carbonyl (C=O) groups is 1. The topological polar surface area (TPSA) is 110 Å². The standard InChI is InChI=1S/C14H14BrN3O3/c15-9-3-1-8(2-4-9)11-7-17-13(18-11)10(5-6-19)12(16)14(20)21/h1-4,7,10,16,19H,5-6H2,(H,17,18)(H,20,21). The van der Waals surface area contributed by atoms with E-state index in [9.17, 15) is 4.79 Å². The molecule has 0 aliphatic carbocycles. The van der Waals surface area contributed by atoms with Gasteiger partial charge in [0.05, 0.1) is 17.8 Å². The normalized spacial score (nSPS) is 12.1. The maximum Gasteiger partial charge on any atom is 0.350 e. The molecule has 1 atom stereocenters. The summed E-state index contributed by atoms with van der Waals surface area (Å²) in [4.78, 5) is 18.1. The average Bonchev–Trinajstić information content (AvgIpc) is 2.94. The molecule has 0 radical (unpaired) electrons. The number of benzene rings is 1. The fourth-order valence-corrected chi connectivity index (χ4v) is 2.25. The highest BCUT2D eigenvalue weighted by Crippen LogP contribution is 2.24. The molecule has 110 valence electrons. The molecule has 0 amide bonds. The lowest BCUT2D eigenvalue weighted by atomic mass is 9.99. The number of H-pyrrole nitrogens is 1. The lowest BCUT2D eigenvalue weighted by molar-refractivity contribution is -0.129. The fraction of sp³-hybridized carbons (Fsp3) is 0.214. The molecule has 21 heavy (non-hydrogen) atoms. The van der Waals surface area contributed by atoms with Crippen molar-refractivity contribution in [3.63, 3.8) is 0 Å². The zero-order valence-electron chi connectivity index (χ0n) is 11.0. The van der Waals surface area contributed by atoms with E-state index >= 15 is 0 Å². The highest BCUT2D eigenvalue weighted by Gasteiger charge is 2.25. The van der Waals surface area contributed by atoms with Gasteiger partial charge < -0.3 is 15.2 Å². The van der Waals surface area contributed by atoms with E-state index in [4.69, 9.17) is 15.6 Å². The summed E-state index contributed by atoms with van der Waals surface area (Å²) >= 11 is 3.35. The summed E-state index contributed by atoms with van der Waals surface area (Å²) in [5, 5.41) is 25.6. The molecule has 6 nitrogen and oxygen atoms in total. The summed E-state index contributed by atoms with van der Waals surface area (Å²) < 4.78 is 0.955. The summed E-state index contributed by atoms with van der Waals surface area (Å²) in [5.74, 6) is -1.69. The number of nitrogens with one attached hydrogen (secondary N) is 2. The van der Waals surface area contributed by atoms with Gasteiger partial charge in [0, 0.05) is 11.1 Å². The number of carboxylic acid groups (broad SMARTS) is 1. The number of rotatable bonds is 6. The summed E-state index contributed by atoms with van der Waals surface area (Å²) in [6.45, 7) is -0.214. The van der Waals surface area contributed by atoms with E-state index in [1.165, 1.54) is 0 Å². The number of aromatic nitrogens is 2. The van der Waals surface area contributed by atoms with E-state index in [0.717, 1.165) is 15.7 Å². The Balaban J connectivity index is 2.30. The minimum Gasteiger partial charge on any atom is -0.477 e. The van der Waals surface area contributed by atoms with Crippen LogP contribution < -0.4 is 0 Å². The predicted molar refractivity (Wildman–Crippen MR) is 81.5 cm³/mol. The van der Waals surface area contributed by atoms with E-state index < -0.39 is 17.6 Å². The van der Waals surface area contributed by atoms with Crippen LogP contribution in [0.15, 0.2) is 34.9 Å². The van der Waals surface area contributed by atoms with Crippen molar-refractivity contribution in [2.45, 2.75) is 12.3 Å². The summed E-state index contributed by atoms with van der Waals surface area (Å²) in [6.07, 6.45) is 1.73. The SMILES string of the molecule is N=C(C(=O)O)C(CCO)c1ncc(-c2ccc(Br)cc2)[nH]1. The maximum absolute atomic E-state index is 11.0. The van der Waals surface area contributed by atoms with Gasteiger partial charge in [0.1, 0.15) is 11.5 Å². The Morgan fingerprint density at radius 2 is 2.05 bits per heavy atom. The van der Waals surface area contributed by atoms with E-state index in [2.05, 4.69) is 25.9 Å². The average molecular weight is 352 g/mol. The van der Waals surface area contributed by atoms with Crippen molar-refractivity contribution in [2.24, 2.45) is 0 Å². The van der Waals surface area contributed by atoms with Crippen molar-refractivity contribution >= 4 is 27.6 Å². The number of aromatic amines is 1. The molecule has 2 aromatic rings. The first-order valence-corrected chi connectivity index (χ1v) is 7.05. The van der Waals surface area contributed by atoms with Gasteiger partial charge in [-0.25, -0.2) is 9.78 Å². The molecule has 0 saturated heterocycles. The molecule has 0 spiro atoms. The van der Waals surface area contributed by atoms with Crippen LogP contribution in [0.5, 0.6) is 0 Å². The number of carboxylic acids is 1. The molecule has 1 aromatic carbocycles. The van der Waals surface area contributed by atoms with Gasteiger partial charge in [-0.3, -0.25) is 5.41 Å². The predicted octanol–water partition coefficient (Wildman–Crippen LogP) is 2.41. The van der Waals surface area contributed by atoms with Gasteiger partial charge in [0.15, 0.2) is 0 Å². The third kappa shape index (κ3) is 3.56. The molecule has 2 rings (SSSR count). The number of aliphatic carboxylic acids is 1. The van der Waals surface area contributed by atoms with E-state index in [0.29, 0.717) is 5.82 Å². The van der Waals surface area contributed by atoms with Crippen LogP contribution in [0.1, 0.15) is 18.2 Å². The number of aliphatic hydroxyl groups excluding tert-OH is 1. The van der Waals surface area contributed by atoms with Gasteiger partial charge in [-0.15, -0.1) is 0 Å². The zero-order valence-corrected chi connectivity index (χ0v) is 12.6. The quantitative estimate of drug-likeness (QED) is 0.599. The highest BCUT2D eigenvalue weighted by molar-refractivity contribution is 9.10. The van der Waals surface area contributed by atoms with Gasteiger partial charge in [-0.1, -0.05) is 28.1 Å². The minimum absolute atomic E-state index is 0.137. The van der Waals surface area contributed by atoms with Crippen LogP contribution in [-0.4, -0.2) is 38.5 Å². The van der Waals surface area contributed by atoms with Crippen LogP contribution in [0.2, 0.25) is 0 Å². The first-order valence-electron chi connectivity index (χ1n) is 6.26. The van der Waals surface area contributed by atoms with Crippen LogP contribution in [0.25, 0.3) is 11.3 Å². The van der Waals surface area contributed by atoms with Crippen molar-refractivity contribution in [1.82, 2.24) is 9.97 Å². The summed E-state index contributed by atoms with van der Waals surface area (Å²) in [5.41, 5.74) is 1.15. The molecule has 1 unspecified atom stereocenters. The summed E-state index contributed by atoms with van der Waals surface area (Å²) in [6, 6.07) is 7.57. The number of imidazole rings is 1. The molecule has 7 heteroatoms. The van der Waals surface area contributed by atoms with Gasteiger partial charge in [-0.05, 0) is 24.1 Å². The third-order valence-electron chi connectivity index (χ3n) is 3.08. The van der Waals surface area contributed by atoms with Gasteiger partial charge >= 0.3 is 5.97 Å². The van der Waals surface area contributed by atoms with Gasteiger partial charge in [-0.2, -0.15) is 0 Å². The van der Waals surface area contributed by atoms with Crippen LogP contribution in [-0.2, 0) is 4.79 Å². The van der Waals surface area contributed by atoms with E-state index in [1.807, 2.05) is 24.3 Å². The molecule has 0 aliphatic rings. The third-order valence-corrected chi connectivity index (χ3v) is 3.61. The second-order valence-electron chi connectivity index (χ2n) is 4.47. The summed E-state index contributed by atoms with van der Waals surface area (Å²) in [7, 11) is 0. The smallest absolute Gasteiger partial charge is 0.350 e. The van der Waals surface area contributed by atoms with Gasteiger partial charge in [0.2, 0.25) is 0 Å². The Hall–Kier alpha value is -1.99. The number of halogens is 1. The first kappa shape index (κ1) is 15.4. The zero-order chi connectivity index (χ0) is 15.4. The second-order valence-corrected chi connectivity index (χ2v) is 5.39. The van der Waals surface area contributed by atoms with Crippen molar-refractivity contribution in [1.29, 1.82) is 5.41 Å². The van der Waals surface area contributed by atoms with Crippen LogP contribution in [0, 0.1) is 5.41 Å². The first-order chi connectivity index (χ1) is 10.0. The Bertz CT molecular complexity index is 652. The minimum atomic E-state index is -1.31. The lowest BCUT2D eigenvalue weighted by Crippen LogP contribution is -2.23. The molecule has 4 N–H and O–H groups in total. The second kappa shape index (κ2) is 6.64. The Kier molecular flexibility index (Phi) is 4.87. The van der Waals surface area contributed by atoms with Gasteiger partial charge in [0.25, 0.3) is 0 Å². The van der Waals surface area contributed by atoms with E-state index in [-0.39, 0.29) is 13.0 Å².